The van der Waals surface area contributed by atoms with Gasteiger partial charge in [-0.2, -0.15) is 5.10 Å². The number of hydrogen-bond donors (Lipinski definition) is 0. The van der Waals surface area contributed by atoms with Gasteiger partial charge >= 0.3 is 0 Å². The number of carbonyl (C=O) groups is 1. The predicted octanol–water partition coefficient (Wildman–Crippen LogP) is 3.97. The summed E-state index contributed by atoms with van der Waals surface area (Å²) in [5, 5.41) is 4.16. The second-order valence-electron chi connectivity index (χ2n) is 4.00. The van der Waals surface area contributed by atoms with Gasteiger partial charge in [0.2, 0.25) is 5.78 Å². The lowest BCUT2D eigenvalue weighted by atomic mass is 10.1. The van der Waals surface area contributed by atoms with E-state index in [4.69, 9.17) is 0 Å². The van der Waals surface area contributed by atoms with E-state index in [2.05, 4.69) is 37.0 Å². The molecule has 2 rings (SSSR count). The van der Waals surface area contributed by atoms with Crippen molar-refractivity contribution >= 4 is 37.6 Å². The highest BCUT2D eigenvalue weighted by atomic mass is 79.9. The molecule has 1 heterocycles. The lowest BCUT2D eigenvalue weighted by Crippen LogP contribution is -2.11. The molecule has 0 saturated carbocycles. The highest BCUT2D eigenvalue weighted by Gasteiger charge is 2.18. The quantitative estimate of drug-likeness (QED) is 0.765. The lowest BCUT2D eigenvalue weighted by molar-refractivity contribution is 0.102. The molecule has 94 valence electrons. The standard InChI is InChI=1S/C13H12Br2N2O/c1-3-17-12(11(15)7-16-17)13(18)9-4-8(2)5-10(14)6-9/h4-7H,3H2,1-2H3. The summed E-state index contributed by atoms with van der Waals surface area (Å²) in [5.74, 6) is -0.0226. The van der Waals surface area contributed by atoms with Gasteiger partial charge in [0.25, 0.3) is 0 Å². The van der Waals surface area contributed by atoms with E-state index in [1.165, 1.54) is 0 Å². The van der Waals surface area contributed by atoms with E-state index in [-0.39, 0.29) is 5.78 Å². The van der Waals surface area contributed by atoms with Gasteiger partial charge in [0.05, 0.1) is 10.7 Å². The minimum absolute atomic E-state index is 0.0226. The summed E-state index contributed by atoms with van der Waals surface area (Å²) in [7, 11) is 0. The molecule has 2 aromatic rings. The first-order chi connectivity index (χ1) is 8.52. The molecule has 0 bridgehead atoms. The lowest BCUT2D eigenvalue weighted by Gasteiger charge is -2.06. The van der Waals surface area contributed by atoms with E-state index >= 15 is 0 Å². The fraction of sp³-hybridized carbons (Fsp3) is 0.231. The topological polar surface area (TPSA) is 34.9 Å². The van der Waals surface area contributed by atoms with Gasteiger partial charge in [0, 0.05) is 16.6 Å². The number of benzene rings is 1. The van der Waals surface area contributed by atoms with Crippen molar-refractivity contribution in [3.05, 3.63) is 50.2 Å². The number of carbonyl (C=O) groups excluding carboxylic acids is 1. The second-order valence-corrected chi connectivity index (χ2v) is 5.77. The largest absolute Gasteiger partial charge is 0.287 e. The van der Waals surface area contributed by atoms with E-state index in [0.29, 0.717) is 17.8 Å². The van der Waals surface area contributed by atoms with Crippen molar-refractivity contribution in [1.82, 2.24) is 9.78 Å². The van der Waals surface area contributed by atoms with Gasteiger partial charge in [-0.1, -0.05) is 15.9 Å². The highest BCUT2D eigenvalue weighted by molar-refractivity contribution is 9.10. The third-order valence-corrected chi connectivity index (χ3v) is 3.65. The first kappa shape index (κ1) is 13.5. The SMILES string of the molecule is CCn1ncc(Br)c1C(=O)c1cc(C)cc(Br)c1. The Bertz CT molecular complexity index is 585. The van der Waals surface area contributed by atoms with Crippen molar-refractivity contribution in [3.8, 4) is 0 Å². The van der Waals surface area contributed by atoms with Crippen molar-refractivity contribution in [2.24, 2.45) is 0 Å². The summed E-state index contributed by atoms with van der Waals surface area (Å²) < 4.78 is 3.33. The molecule has 18 heavy (non-hydrogen) atoms. The van der Waals surface area contributed by atoms with Crippen LogP contribution in [-0.4, -0.2) is 15.6 Å². The van der Waals surface area contributed by atoms with Crippen LogP contribution in [0, 0.1) is 6.92 Å². The number of rotatable bonds is 3. The van der Waals surface area contributed by atoms with Gasteiger partial charge in [-0.25, -0.2) is 0 Å². The molecule has 0 aliphatic rings. The summed E-state index contributed by atoms with van der Waals surface area (Å²) in [4.78, 5) is 12.5. The molecular weight excluding hydrogens is 360 g/mol. The molecule has 0 atom stereocenters. The zero-order chi connectivity index (χ0) is 13.3. The minimum atomic E-state index is -0.0226. The van der Waals surface area contributed by atoms with Crippen LogP contribution >= 0.6 is 31.9 Å². The van der Waals surface area contributed by atoms with Gasteiger partial charge in [0.15, 0.2) is 0 Å². The van der Waals surface area contributed by atoms with Crippen LogP contribution in [0.15, 0.2) is 33.3 Å². The molecular formula is C13H12Br2N2O. The van der Waals surface area contributed by atoms with Crippen LogP contribution in [0.1, 0.15) is 28.5 Å². The van der Waals surface area contributed by atoms with Crippen LogP contribution in [0.25, 0.3) is 0 Å². The average Bonchev–Trinajstić information content (AvgIpc) is 2.68. The number of ketones is 1. The van der Waals surface area contributed by atoms with Crippen LogP contribution in [0.3, 0.4) is 0 Å². The first-order valence-corrected chi connectivity index (χ1v) is 7.14. The molecule has 0 saturated heterocycles. The predicted molar refractivity (Wildman–Crippen MR) is 77.9 cm³/mol. The third kappa shape index (κ3) is 2.57. The number of hydrogen-bond acceptors (Lipinski definition) is 2. The van der Waals surface area contributed by atoms with Gasteiger partial charge in [-0.05, 0) is 53.5 Å². The smallest absolute Gasteiger partial charge is 0.212 e. The Morgan fingerprint density at radius 3 is 2.67 bits per heavy atom. The Hall–Kier alpha value is -0.940. The monoisotopic (exact) mass is 370 g/mol. The van der Waals surface area contributed by atoms with Crippen LogP contribution < -0.4 is 0 Å². The molecule has 0 amide bonds. The zero-order valence-electron chi connectivity index (χ0n) is 10.1. The Kier molecular flexibility index (Phi) is 4.02. The van der Waals surface area contributed by atoms with Gasteiger partial charge in [0.1, 0.15) is 5.69 Å². The van der Waals surface area contributed by atoms with Gasteiger partial charge < -0.3 is 0 Å². The Balaban J connectivity index is 2.50. The van der Waals surface area contributed by atoms with Gasteiger partial charge in [-0.3, -0.25) is 9.48 Å². The summed E-state index contributed by atoms with van der Waals surface area (Å²) >= 11 is 6.79. The summed E-state index contributed by atoms with van der Waals surface area (Å²) in [6.45, 7) is 4.59. The minimum Gasteiger partial charge on any atom is -0.287 e. The number of aryl methyl sites for hydroxylation is 2. The Labute approximate surface area is 122 Å². The second kappa shape index (κ2) is 5.36. The normalized spacial score (nSPS) is 10.7. The third-order valence-electron chi connectivity index (χ3n) is 2.61. The maximum absolute atomic E-state index is 12.5. The molecule has 5 heteroatoms. The zero-order valence-corrected chi connectivity index (χ0v) is 13.2. The fourth-order valence-corrected chi connectivity index (χ4v) is 2.92. The van der Waals surface area contributed by atoms with E-state index in [1.54, 1.807) is 10.9 Å². The molecule has 0 unspecified atom stereocenters. The molecule has 0 spiro atoms. The van der Waals surface area contributed by atoms with Crippen molar-refractivity contribution in [2.45, 2.75) is 20.4 Å². The maximum atomic E-state index is 12.5. The van der Waals surface area contributed by atoms with Crippen molar-refractivity contribution in [1.29, 1.82) is 0 Å². The Morgan fingerprint density at radius 1 is 1.33 bits per heavy atom. The number of halogens is 2. The maximum Gasteiger partial charge on any atom is 0.212 e. The molecule has 0 radical (unpaired) electrons. The molecule has 0 N–H and O–H groups in total. The van der Waals surface area contributed by atoms with Crippen molar-refractivity contribution in [2.75, 3.05) is 0 Å². The summed E-state index contributed by atoms with van der Waals surface area (Å²) in [6, 6.07) is 5.68. The highest BCUT2D eigenvalue weighted by Crippen LogP contribution is 2.22. The molecule has 0 aliphatic heterocycles. The van der Waals surface area contributed by atoms with E-state index in [9.17, 15) is 4.79 Å². The van der Waals surface area contributed by atoms with Crippen molar-refractivity contribution < 1.29 is 4.79 Å². The summed E-state index contributed by atoms with van der Waals surface area (Å²) in [6.07, 6.45) is 1.65. The van der Waals surface area contributed by atoms with Crippen molar-refractivity contribution in [3.63, 3.8) is 0 Å². The molecule has 1 aromatic heterocycles. The first-order valence-electron chi connectivity index (χ1n) is 5.56. The van der Waals surface area contributed by atoms with E-state index in [1.807, 2.05) is 32.0 Å². The fourth-order valence-electron chi connectivity index (χ4n) is 1.83. The van der Waals surface area contributed by atoms with Crippen LogP contribution in [0.5, 0.6) is 0 Å². The number of aromatic nitrogens is 2. The van der Waals surface area contributed by atoms with Crippen LogP contribution in [-0.2, 0) is 6.54 Å². The van der Waals surface area contributed by atoms with Crippen LogP contribution in [0.2, 0.25) is 0 Å². The summed E-state index contributed by atoms with van der Waals surface area (Å²) in [5.41, 5.74) is 2.30. The Morgan fingerprint density at radius 2 is 2.06 bits per heavy atom. The number of nitrogens with zero attached hydrogens (tertiary/aromatic N) is 2. The molecule has 0 aliphatic carbocycles. The van der Waals surface area contributed by atoms with Crippen LogP contribution in [0.4, 0.5) is 0 Å². The molecule has 3 nitrogen and oxygen atoms in total. The molecule has 0 fully saturated rings. The van der Waals surface area contributed by atoms with Gasteiger partial charge in [-0.15, -0.1) is 0 Å². The molecule has 1 aromatic carbocycles. The van der Waals surface area contributed by atoms with E-state index in [0.717, 1.165) is 14.5 Å². The van der Waals surface area contributed by atoms with E-state index < -0.39 is 0 Å². The average molecular weight is 372 g/mol.